The Kier molecular flexibility index (Phi) is 10.5. The summed E-state index contributed by atoms with van der Waals surface area (Å²) in [6.07, 6.45) is 3.75. The number of hydrogen-bond donors (Lipinski definition) is 3. The molecule has 0 radical (unpaired) electrons. The molecule has 0 saturated carbocycles. The number of nitrogens with zero attached hydrogens (tertiary/aromatic N) is 2. The quantitative estimate of drug-likeness (QED) is 0.137. The van der Waals surface area contributed by atoms with Crippen LogP contribution in [0.1, 0.15) is 46.6 Å². The van der Waals surface area contributed by atoms with Crippen molar-refractivity contribution in [2.45, 2.75) is 49.8 Å². The molecule has 5 aromatic rings. The van der Waals surface area contributed by atoms with Crippen LogP contribution < -0.4 is 10.6 Å². The van der Waals surface area contributed by atoms with Crippen molar-refractivity contribution in [1.29, 1.82) is 0 Å². The SMILES string of the molecule is Cn1ccnc1SCC1CC(c2ccc(CO)cc2)OC(c2ccc(-c3cccc(CNC(=O)NCc4ccccc4)c3)cc2)O1. The van der Waals surface area contributed by atoms with Gasteiger partial charge in [0.15, 0.2) is 11.4 Å². The van der Waals surface area contributed by atoms with Crippen molar-refractivity contribution in [3.05, 3.63) is 143 Å². The molecule has 1 aromatic heterocycles. The molecule has 236 valence electrons. The van der Waals surface area contributed by atoms with E-state index in [-0.39, 0.29) is 24.8 Å². The van der Waals surface area contributed by atoms with Gasteiger partial charge in [-0.05, 0) is 39.4 Å². The van der Waals surface area contributed by atoms with Gasteiger partial charge in [0.25, 0.3) is 0 Å². The lowest BCUT2D eigenvalue weighted by Crippen LogP contribution is -2.34. The minimum Gasteiger partial charge on any atom is -0.392 e. The largest absolute Gasteiger partial charge is 0.392 e. The van der Waals surface area contributed by atoms with E-state index in [1.54, 1.807) is 18.0 Å². The molecular formula is C37H38N4O4S. The van der Waals surface area contributed by atoms with E-state index < -0.39 is 6.29 Å². The molecule has 4 aromatic carbocycles. The topological polar surface area (TPSA) is 97.6 Å². The minimum atomic E-state index is -0.526. The molecule has 3 N–H and O–H groups in total. The van der Waals surface area contributed by atoms with Gasteiger partial charge in [-0.25, -0.2) is 9.78 Å². The van der Waals surface area contributed by atoms with Gasteiger partial charge < -0.3 is 29.8 Å². The van der Waals surface area contributed by atoms with E-state index in [9.17, 15) is 9.90 Å². The molecule has 1 fully saturated rings. The number of carbonyl (C=O) groups excluding carboxylic acids is 1. The van der Waals surface area contributed by atoms with Crippen LogP contribution in [0.2, 0.25) is 0 Å². The lowest BCUT2D eigenvalue weighted by atomic mass is 9.99. The summed E-state index contributed by atoms with van der Waals surface area (Å²) in [5.74, 6) is 0.749. The van der Waals surface area contributed by atoms with Crippen LogP contribution in [-0.2, 0) is 36.2 Å². The molecule has 1 saturated heterocycles. The number of aromatic nitrogens is 2. The third-order valence-electron chi connectivity index (χ3n) is 7.98. The molecule has 3 unspecified atom stereocenters. The first-order valence-corrected chi connectivity index (χ1v) is 16.4. The molecular weight excluding hydrogens is 596 g/mol. The van der Waals surface area contributed by atoms with Crippen LogP contribution in [0.15, 0.2) is 121 Å². The predicted molar refractivity (Wildman–Crippen MR) is 180 cm³/mol. The number of aliphatic hydroxyl groups is 1. The van der Waals surface area contributed by atoms with Gasteiger partial charge in [0, 0.05) is 50.3 Å². The number of urea groups is 1. The number of carbonyl (C=O) groups is 1. The van der Waals surface area contributed by atoms with Crippen molar-refractivity contribution in [3.8, 4) is 11.1 Å². The first kappa shape index (κ1) is 31.6. The molecule has 6 rings (SSSR count). The fourth-order valence-corrected chi connectivity index (χ4v) is 6.35. The van der Waals surface area contributed by atoms with Gasteiger partial charge >= 0.3 is 6.03 Å². The Morgan fingerprint density at radius 3 is 2.28 bits per heavy atom. The van der Waals surface area contributed by atoms with E-state index in [1.165, 1.54) is 0 Å². The molecule has 1 aliphatic heterocycles. The fourth-order valence-electron chi connectivity index (χ4n) is 5.40. The van der Waals surface area contributed by atoms with Crippen LogP contribution in [-0.4, -0.2) is 32.5 Å². The monoisotopic (exact) mass is 634 g/mol. The van der Waals surface area contributed by atoms with E-state index >= 15 is 0 Å². The van der Waals surface area contributed by atoms with E-state index in [1.807, 2.05) is 84.5 Å². The van der Waals surface area contributed by atoms with Gasteiger partial charge in [0.05, 0.1) is 18.8 Å². The average Bonchev–Trinajstić information content (AvgIpc) is 3.53. The number of nitrogens with one attached hydrogen (secondary N) is 2. The Morgan fingerprint density at radius 1 is 0.848 bits per heavy atom. The average molecular weight is 635 g/mol. The zero-order valence-electron chi connectivity index (χ0n) is 25.7. The van der Waals surface area contributed by atoms with Gasteiger partial charge in [0.2, 0.25) is 0 Å². The minimum absolute atomic E-state index is 0.0102. The summed E-state index contributed by atoms with van der Waals surface area (Å²) in [4.78, 5) is 16.8. The molecule has 8 nitrogen and oxygen atoms in total. The van der Waals surface area contributed by atoms with Crippen molar-refractivity contribution >= 4 is 17.8 Å². The van der Waals surface area contributed by atoms with E-state index in [0.717, 1.165) is 56.3 Å². The molecule has 0 bridgehead atoms. The highest BCUT2D eigenvalue weighted by Crippen LogP contribution is 2.39. The second kappa shape index (κ2) is 15.2. The Balaban J connectivity index is 1.11. The number of aryl methyl sites for hydroxylation is 1. The van der Waals surface area contributed by atoms with Gasteiger partial charge in [-0.2, -0.15) is 0 Å². The standard InChI is InChI=1S/C37H38N4O4S/c1-41-19-18-38-37(41)46-25-33-21-34(30-12-10-27(24-42)11-13-30)45-35(44-33)31-16-14-29(15-17-31)32-9-5-8-28(20-32)23-40-36(43)39-22-26-6-3-2-4-7-26/h2-20,33-35,42H,21-25H2,1H3,(H2,39,40,43). The molecule has 1 aliphatic rings. The highest BCUT2D eigenvalue weighted by Gasteiger charge is 2.32. The number of hydrogen-bond acceptors (Lipinski definition) is 6. The number of ether oxygens (including phenoxy) is 2. The summed E-state index contributed by atoms with van der Waals surface area (Å²) in [7, 11) is 1.99. The van der Waals surface area contributed by atoms with Crippen molar-refractivity contribution in [3.63, 3.8) is 0 Å². The molecule has 2 heterocycles. The van der Waals surface area contributed by atoms with Crippen LogP contribution in [0.4, 0.5) is 4.79 Å². The summed E-state index contributed by atoms with van der Waals surface area (Å²) in [5.41, 5.74) is 7.07. The molecule has 9 heteroatoms. The van der Waals surface area contributed by atoms with E-state index in [0.29, 0.717) is 13.1 Å². The molecule has 3 atom stereocenters. The van der Waals surface area contributed by atoms with Crippen LogP contribution in [0.25, 0.3) is 11.1 Å². The lowest BCUT2D eigenvalue weighted by Gasteiger charge is -2.36. The Hall–Kier alpha value is -4.41. The summed E-state index contributed by atoms with van der Waals surface area (Å²) >= 11 is 1.68. The van der Waals surface area contributed by atoms with Crippen molar-refractivity contribution in [2.75, 3.05) is 5.75 Å². The van der Waals surface area contributed by atoms with Crippen LogP contribution in [0, 0.1) is 0 Å². The number of aliphatic hydroxyl groups excluding tert-OH is 1. The number of imidazole rings is 1. The first-order chi connectivity index (χ1) is 22.5. The van der Waals surface area contributed by atoms with Crippen LogP contribution >= 0.6 is 11.8 Å². The third-order valence-corrected chi connectivity index (χ3v) is 9.17. The summed E-state index contributed by atoms with van der Waals surface area (Å²) in [5, 5.41) is 16.3. The van der Waals surface area contributed by atoms with Crippen LogP contribution in [0.3, 0.4) is 0 Å². The fraction of sp³-hybridized carbons (Fsp3) is 0.243. The predicted octanol–water partition coefficient (Wildman–Crippen LogP) is 6.92. The second-order valence-electron chi connectivity index (χ2n) is 11.3. The van der Waals surface area contributed by atoms with Crippen LogP contribution in [0.5, 0.6) is 0 Å². The van der Waals surface area contributed by atoms with Gasteiger partial charge in [-0.1, -0.05) is 109 Å². The number of thioether (sulfide) groups is 1. The maximum absolute atomic E-state index is 12.4. The van der Waals surface area contributed by atoms with Crippen molar-refractivity contribution in [2.24, 2.45) is 7.05 Å². The Bertz CT molecular complexity index is 1710. The van der Waals surface area contributed by atoms with Gasteiger partial charge in [0.1, 0.15) is 0 Å². The zero-order chi connectivity index (χ0) is 31.7. The van der Waals surface area contributed by atoms with Gasteiger partial charge in [-0.3, -0.25) is 0 Å². The molecule has 2 amide bonds. The summed E-state index contributed by atoms with van der Waals surface area (Å²) in [6.45, 7) is 0.916. The molecule has 0 aliphatic carbocycles. The van der Waals surface area contributed by atoms with Gasteiger partial charge in [-0.15, -0.1) is 0 Å². The maximum Gasteiger partial charge on any atom is 0.315 e. The van der Waals surface area contributed by atoms with E-state index in [2.05, 4.69) is 52.0 Å². The number of benzene rings is 4. The van der Waals surface area contributed by atoms with Crippen molar-refractivity contribution < 1.29 is 19.4 Å². The van der Waals surface area contributed by atoms with Crippen molar-refractivity contribution in [1.82, 2.24) is 20.2 Å². The maximum atomic E-state index is 12.4. The third kappa shape index (κ3) is 8.24. The zero-order valence-corrected chi connectivity index (χ0v) is 26.5. The highest BCUT2D eigenvalue weighted by molar-refractivity contribution is 7.99. The number of amides is 2. The summed E-state index contributed by atoms with van der Waals surface area (Å²) < 4.78 is 15.0. The highest BCUT2D eigenvalue weighted by atomic mass is 32.2. The molecule has 0 spiro atoms. The smallest absolute Gasteiger partial charge is 0.315 e. The Morgan fingerprint density at radius 2 is 1.57 bits per heavy atom. The first-order valence-electron chi connectivity index (χ1n) is 15.4. The summed E-state index contributed by atoms with van der Waals surface area (Å²) in [6, 6.07) is 34.0. The Labute approximate surface area is 273 Å². The number of rotatable bonds is 11. The van der Waals surface area contributed by atoms with E-state index in [4.69, 9.17) is 9.47 Å². The lowest BCUT2D eigenvalue weighted by molar-refractivity contribution is -0.245. The molecule has 46 heavy (non-hydrogen) atoms. The second-order valence-corrected chi connectivity index (χ2v) is 12.3. The normalized spacial score (nSPS) is 17.8.